The number of pyridine rings is 1. The fourth-order valence-corrected chi connectivity index (χ4v) is 12.9. The van der Waals surface area contributed by atoms with Crippen molar-refractivity contribution in [2.24, 2.45) is 4.99 Å². The number of rotatable bonds is 6. The highest BCUT2D eigenvalue weighted by molar-refractivity contribution is 6.16. The summed E-state index contributed by atoms with van der Waals surface area (Å²) < 4.78 is 2.41. The lowest BCUT2D eigenvalue weighted by Gasteiger charge is -2.45. The molecule has 0 saturated carbocycles. The largest absolute Gasteiger partial charge is 0.313 e. The maximum atomic E-state index is 6.14. The van der Waals surface area contributed by atoms with Crippen LogP contribution in [0, 0.1) is 27.7 Å². The molecule has 2 aliphatic heterocycles. The van der Waals surface area contributed by atoms with Gasteiger partial charge in [0.2, 0.25) is 0 Å². The van der Waals surface area contributed by atoms with Gasteiger partial charge in [-0.15, -0.1) is 0 Å². The number of para-hydroxylation sites is 1. The second kappa shape index (κ2) is 16.3. The number of aliphatic imine (C=N–C) groups is 1. The minimum Gasteiger partial charge on any atom is -0.313 e. The Morgan fingerprint density at radius 3 is 1.88 bits per heavy atom. The van der Waals surface area contributed by atoms with Gasteiger partial charge in [0, 0.05) is 40.1 Å². The minimum absolute atomic E-state index is 0.0358. The van der Waals surface area contributed by atoms with Gasteiger partial charge in [-0.1, -0.05) is 143 Å². The minimum atomic E-state index is -0.454. The quantitative estimate of drug-likeness (QED) is 0.167. The van der Waals surface area contributed by atoms with E-state index in [1.165, 1.54) is 94.6 Å². The first-order chi connectivity index (χ1) is 34.2. The third kappa shape index (κ3) is 7.29. The third-order valence-corrected chi connectivity index (χ3v) is 17.6. The average molecular weight is 964 g/mol. The molecule has 2 atom stereocenters. The van der Waals surface area contributed by atoms with E-state index in [0.29, 0.717) is 11.8 Å². The van der Waals surface area contributed by atoms with E-state index in [-0.39, 0.29) is 16.2 Å². The SMILES string of the molecule is Cc1ccc2c(c1)C(C)(C)c1cc3c4cc(C)ccc4n(-c4cc(C(C)(C)C)ccn4)c3cc1N2c1cc(C2=N[C@]3(C)Cc4cc(C)c(C)cc4[C@]3(C)N2c2c(C(C)C)cccc2C(C)C)cc(C(C)(C)C)c1. The molecule has 8 aromatic rings. The molecule has 0 saturated heterocycles. The van der Waals surface area contributed by atoms with Crippen molar-refractivity contribution in [1.82, 2.24) is 9.55 Å². The highest BCUT2D eigenvalue weighted by Crippen LogP contribution is 2.59. The highest BCUT2D eigenvalue weighted by atomic mass is 15.4. The number of hydrogen-bond donors (Lipinski definition) is 0. The Bertz CT molecular complexity index is 3610. The third-order valence-electron chi connectivity index (χ3n) is 17.6. The number of nitrogens with zero attached hydrogens (tertiary/aromatic N) is 5. The molecule has 0 N–H and O–H groups in total. The van der Waals surface area contributed by atoms with Gasteiger partial charge in [0.1, 0.15) is 11.7 Å². The summed E-state index contributed by atoms with van der Waals surface area (Å²) in [6.45, 7) is 42.1. The lowest BCUT2D eigenvalue weighted by atomic mass is 9.72. The first kappa shape index (κ1) is 48.8. The van der Waals surface area contributed by atoms with Gasteiger partial charge in [-0.25, -0.2) is 4.98 Å². The van der Waals surface area contributed by atoms with Crippen LogP contribution in [-0.4, -0.2) is 20.9 Å². The van der Waals surface area contributed by atoms with E-state index in [9.17, 15) is 0 Å². The summed E-state index contributed by atoms with van der Waals surface area (Å²) in [6.07, 6.45) is 2.87. The van der Waals surface area contributed by atoms with Crippen LogP contribution >= 0.6 is 0 Å². The Balaban J connectivity index is 1.22. The molecule has 73 heavy (non-hydrogen) atoms. The Kier molecular flexibility index (Phi) is 10.9. The van der Waals surface area contributed by atoms with Crippen molar-refractivity contribution in [1.29, 1.82) is 0 Å². The van der Waals surface area contributed by atoms with Crippen LogP contribution in [0.5, 0.6) is 0 Å². The summed E-state index contributed by atoms with van der Waals surface area (Å²) in [7, 11) is 0. The van der Waals surface area contributed by atoms with E-state index in [1.807, 2.05) is 6.20 Å². The number of aryl methyl sites for hydroxylation is 4. The smallest absolute Gasteiger partial charge is 0.137 e. The van der Waals surface area contributed by atoms with Gasteiger partial charge >= 0.3 is 0 Å². The van der Waals surface area contributed by atoms with Crippen LogP contribution in [0.3, 0.4) is 0 Å². The first-order valence-electron chi connectivity index (χ1n) is 27.0. The summed E-state index contributed by atoms with van der Waals surface area (Å²) in [5, 5.41) is 2.49. The van der Waals surface area contributed by atoms with E-state index in [0.717, 1.165) is 40.4 Å². The van der Waals surface area contributed by atoms with Crippen molar-refractivity contribution >= 4 is 50.4 Å². The zero-order valence-corrected chi connectivity index (χ0v) is 47.1. The van der Waals surface area contributed by atoms with Crippen molar-refractivity contribution in [2.75, 3.05) is 9.80 Å². The molecular weight excluding hydrogens is 887 g/mol. The summed E-state index contributed by atoms with van der Waals surface area (Å²) >= 11 is 0. The van der Waals surface area contributed by atoms with E-state index in [4.69, 9.17) is 9.98 Å². The summed E-state index contributed by atoms with van der Waals surface area (Å²) in [5.41, 5.74) is 22.8. The second-order valence-electron chi connectivity index (χ2n) is 25.9. The Hall–Kier alpha value is -6.46. The van der Waals surface area contributed by atoms with Crippen LogP contribution in [0.2, 0.25) is 0 Å². The number of aromatic nitrogens is 2. The monoisotopic (exact) mass is 964 g/mol. The van der Waals surface area contributed by atoms with Crippen molar-refractivity contribution in [3.63, 3.8) is 0 Å². The zero-order chi connectivity index (χ0) is 52.2. The van der Waals surface area contributed by atoms with Crippen LogP contribution in [-0.2, 0) is 28.2 Å². The summed E-state index contributed by atoms with van der Waals surface area (Å²) in [4.78, 5) is 16.6. The van der Waals surface area contributed by atoms with E-state index in [1.54, 1.807) is 0 Å². The Labute approximate surface area is 436 Å². The summed E-state index contributed by atoms with van der Waals surface area (Å²) in [5.74, 6) is 2.59. The van der Waals surface area contributed by atoms with Gasteiger partial charge < -0.3 is 9.80 Å². The van der Waals surface area contributed by atoms with E-state index < -0.39 is 11.1 Å². The molecule has 0 fully saturated rings. The first-order valence-corrected chi connectivity index (χ1v) is 27.0. The number of fused-ring (bicyclic) bond motifs is 8. The van der Waals surface area contributed by atoms with Crippen LogP contribution < -0.4 is 9.80 Å². The molecule has 2 aromatic heterocycles. The molecule has 374 valence electrons. The van der Waals surface area contributed by atoms with Gasteiger partial charge in [-0.3, -0.25) is 9.56 Å². The lowest BCUT2D eigenvalue weighted by Crippen LogP contribution is -2.52. The number of amidine groups is 1. The van der Waals surface area contributed by atoms with Crippen molar-refractivity contribution in [2.45, 2.75) is 170 Å². The highest BCUT2D eigenvalue weighted by Gasteiger charge is 2.62. The van der Waals surface area contributed by atoms with E-state index >= 15 is 0 Å². The predicted octanol–water partition coefficient (Wildman–Crippen LogP) is 17.9. The molecular formula is C68H77N5. The second-order valence-corrected chi connectivity index (χ2v) is 25.9. The van der Waals surface area contributed by atoms with Gasteiger partial charge in [0.25, 0.3) is 0 Å². The number of benzene rings is 6. The molecule has 5 heteroatoms. The van der Waals surface area contributed by atoms with Crippen molar-refractivity contribution < 1.29 is 0 Å². The Morgan fingerprint density at radius 2 is 1.21 bits per heavy atom. The van der Waals surface area contributed by atoms with Crippen LogP contribution in [0.25, 0.3) is 27.6 Å². The van der Waals surface area contributed by atoms with Crippen LogP contribution in [0.1, 0.15) is 181 Å². The van der Waals surface area contributed by atoms with Gasteiger partial charge in [-0.05, 0) is 181 Å². The van der Waals surface area contributed by atoms with Gasteiger partial charge in [-0.2, -0.15) is 0 Å². The van der Waals surface area contributed by atoms with Crippen LogP contribution in [0.15, 0.2) is 120 Å². The fraction of sp³-hybridized carbons (Fsp3) is 0.382. The number of anilines is 4. The predicted molar refractivity (Wildman–Crippen MR) is 311 cm³/mol. The van der Waals surface area contributed by atoms with E-state index in [2.05, 4.69) is 248 Å². The summed E-state index contributed by atoms with van der Waals surface area (Å²) in [6, 6.07) is 42.9. The Morgan fingerprint density at radius 1 is 0.575 bits per heavy atom. The van der Waals surface area contributed by atoms with Gasteiger partial charge in [0.15, 0.2) is 0 Å². The molecule has 0 spiro atoms. The normalized spacial score (nSPS) is 19.3. The fourth-order valence-electron chi connectivity index (χ4n) is 12.9. The number of hydrogen-bond acceptors (Lipinski definition) is 4. The zero-order valence-electron chi connectivity index (χ0n) is 47.1. The topological polar surface area (TPSA) is 36.7 Å². The van der Waals surface area contributed by atoms with Crippen LogP contribution in [0.4, 0.5) is 22.7 Å². The van der Waals surface area contributed by atoms with Gasteiger partial charge in [0.05, 0.1) is 39.2 Å². The van der Waals surface area contributed by atoms with Crippen molar-refractivity contribution in [3.8, 4) is 5.82 Å². The average Bonchev–Trinajstić information content (AvgIpc) is 3.84. The van der Waals surface area contributed by atoms with Crippen molar-refractivity contribution in [3.05, 3.63) is 188 Å². The molecule has 3 aliphatic rings. The molecule has 5 nitrogen and oxygen atoms in total. The molecule has 6 aromatic carbocycles. The molecule has 0 unspecified atom stereocenters. The standard InChI is InChI=1S/C68H77N5/c1-39(2)50-20-19-21-51(40(3)4)62(50)73-63(70-67(17)38-46-30-43(7)44(8)31-54(46)68(67,73)18)45-32-48(65(12,13)14)34-49(33-45)71-58-25-23-42(6)29-55(58)66(15,16)56-36-53-52-28-41(5)22-24-57(52)72(59(53)37-60(56)71)61-35-47(26-27-69-61)64(9,10)11/h19-37,39-40H,38H2,1-18H3/t67-,68+/m1/s1. The maximum Gasteiger partial charge on any atom is 0.137 e. The lowest BCUT2D eigenvalue weighted by molar-refractivity contribution is 0.321. The molecule has 1 aliphatic carbocycles. The molecule has 0 amide bonds. The molecule has 0 radical (unpaired) electrons. The maximum absolute atomic E-state index is 6.14. The molecule has 11 rings (SSSR count). The molecule has 4 heterocycles. The molecule has 0 bridgehead atoms.